The fourth-order valence-corrected chi connectivity index (χ4v) is 4.61. The van der Waals surface area contributed by atoms with E-state index in [2.05, 4.69) is 29.2 Å². The van der Waals surface area contributed by atoms with Gasteiger partial charge < -0.3 is 14.5 Å². The van der Waals surface area contributed by atoms with E-state index in [4.69, 9.17) is 4.74 Å². The number of piperidine rings is 1. The quantitative estimate of drug-likeness (QED) is 0.756. The van der Waals surface area contributed by atoms with E-state index in [1.165, 1.54) is 5.56 Å². The van der Waals surface area contributed by atoms with Crippen molar-refractivity contribution in [3.63, 3.8) is 0 Å². The zero-order valence-electron chi connectivity index (χ0n) is 19.0. The zero-order valence-corrected chi connectivity index (χ0v) is 19.0. The van der Waals surface area contributed by atoms with Crippen LogP contribution in [0.5, 0.6) is 0 Å². The minimum atomic E-state index is -0.496. The smallest absolute Gasteiger partial charge is 0.410 e. The third-order valence-corrected chi connectivity index (χ3v) is 6.14. The van der Waals surface area contributed by atoms with Crippen LogP contribution in [-0.4, -0.2) is 77.6 Å². The van der Waals surface area contributed by atoms with Crippen molar-refractivity contribution in [3.05, 3.63) is 35.9 Å². The van der Waals surface area contributed by atoms with Gasteiger partial charge in [-0.1, -0.05) is 30.3 Å². The number of carbonyl (C=O) groups excluding carboxylic acids is 2. The van der Waals surface area contributed by atoms with Crippen molar-refractivity contribution in [1.29, 1.82) is 0 Å². The molecule has 6 nitrogen and oxygen atoms in total. The van der Waals surface area contributed by atoms with Gasteiger partial charge in [-0.25, -0.2) is 4.79 Å². The molecule has 2 aliphatic heterocycles. The van der Waals surface area contributed by atoms with Crippen molar-refractivity contribution in [2.75, 3.05) is 39.3 Å². The molecule has 2 unspecified atom stereocenters. The summed E-state index contributed by atoms with van der Waals surface area (Å²) < 4.78 is 5.75. The fourth-order valence-electron chi connectivity index (χ4n) is 4.61. The van der Waals surface area contributed by atoms with E-state index in [-0.39, 0.29) is 18.0 Å². The van der Waals surface area contributed by atoms with Crippen molar-refractivity contribution >= 4 is 12.0 Å². The molecule has 166 valence electrons. The summed E-state index contributed by atoms with van der Waals surface area (Å²) in [5.74, 6) is 0.556. The number of amides is 2. The first-order valence-electron chi connectivity index (χ1n) is 11.2. The summed E-state index contributed by atoms with van der Waals surface area (Å²) >= 11 is 0. The van der Waals surface area contributed by atoms with Crippen LogP contribution in [0, 0.1) is 5.92 Å². The SMILES string of the molecule is CC(=O)N1CCN(CC2CCCN(C(=O)OC(C)(C)C)C2Cc2ccccc2)CC1. The van der Waals surface area contributed by atoms with E-state index in [1.54, 1.807) is 6.92 Å². The maximum absolute atomic E-state index is 13.0. The van der Waals surface area contributed by atoms with Gasteiger partial charge in [-0.2, -0.15) is 0 Å². The lowest BCUT2D eigenvalue weighted by molar-refractivity contribution is -0.130. The molecule has 6 heteroatoms. The van der Waals surface area contributed by atoms with Gasteiger partial charge in [0.05, 0.1) is 0 Å². The molecule has 0 bridgehead atoms. The molecule has 2 saturated heterocycles. The van der Waals surface area contributed by atoms with Crippen molar-refractivity contribution in [1.82, 2.24) is 14.7 Å². The van der Waals surface area contributed by atoms with Gasteiger partial charge in [0, 0.05) is 52.2 Å². The second-order valence-electron chi connectivity index (χ2n) is 9.64. The van der Waals surface area contributed by atoms with Crippen LogP contribution < -0.4 is 0 Å². The minimum Gasteiger partial charge on any atom is -0.444 e. The third kappa shape index (κ3) is 6.21. The van der Waals surface area contributed by atoms with Gasteiger partial charge >= 0.3 is 6.09 Å². The van der Waals surface area contributed by atoms with E-state index in [9.17, 15) is 9.59 Å². The lowest BCUT2D eigenvalue weighted by Crippen LogP contribution is -2.55. The molecule has 0 N–H and O–H groups in total. The van der Waals surface area contributed by atoms with Gasteiger partial charge in [-0.05, 0) is 51.5 Å². The van der Waals surface area contributed by atoms with Crippen LogP contribution in [0.4, 0.5) is 4.79 Å². The summed E-state index contributed by atoms with van der Waals surface area (Å²) in [6, 6.07) is 10.6. The highest BCUT2D eigenvalue weighted by Crippen LogP contribution is 2.29. The lowest BCUT2D eigenvalue weighted by Gasteiger charge is -2.44. The van der Waals surface area contributed by atoms with E-state index < -0.39 is 5.60 Å². The van der Waals surface area contributed by atoms with Crippen molar-refractivity contribution in [3.8, 4) is 0 Å². The van der Waals surface area contributed by atoms with Gasteiger partial charge in [0.2, 0.25) is 5.91 Å². The van der Waals surface area contributed by atoms with Crippen molar-refractivity contribution in [2.24, 2.45) is 5.92 Å². The molecule has 1 aromatic rings. The largest absolute Gasteiger partial charge is 0.444 e. The molecule has 0 radical (unpaired) electrons. The predicted molar refractivity (Wildman–Crippen MR) is 118 cm³/mol. The zero-order chi connectivity index (χ0) is 21.7. The van der Waals surface area contributed by atoms with Gasteiger partial charge in [-0.3, -0.25) is 9.69 Å². The van der Waals surface area contributed by atoms with Gasteiger partial charge in [0.15, 0.2) is 0 Å². The Morgan fingerprint density at radius 1 is 1.03 bits per heavy atom. The number of rotatable bonds is 4. The molecule has 2 fully saturated rings. The monoisotopic (exact) mass is 415 g/mol. The third-order valence-electron chi connectivity index (χ3n) is 6.14. The average Bonchev–Trinajstić information content (AvgIpc) is 2.69. The molecule has 2 aliphatic rings. The van der Waals surface area contributed by atoms with Crippen LogP contribution in [0.15, 0.2) is 30.3 Å². The van der Waals surface area contributed by atoms with Crippen LogP contribution in [0.3, 0.4) is 0 Å². The van der Waals surface area contributed by atoms with E-state index in [0.717, 1.165) is 58.5 Å². The number of piperazine rings is 1. The fraction of sp³-hybridized carbons (Fsp3) is 0.667. The Bertz CT molecular complexity index is 708. The molecule has 1 aromatic carbocycles. The number of hydrogen-bond donors (Lipinski definition) is 0. The Labute approximate surface area is 181 Å². The van der Waals surface area contributed by atoms with Crippen molar-refractivity contribution < 1.29 is 14.3 Å². The van der Waals surface area contributed by atoms with Gasteiger partial charge in [-0.15, -0.1) is 0 Å². The van der Waals surface area contributed by atoms with Crippen molar-refractivity contribution in [2.45, 2.75) is 58.6 Å². The summed E-state index contributed by atoms with van der Waals surface area (Å²) in [7, 11) is 0. The van der Waals surface area contributed by atoms with Crippen LogP contribution in [0.1, 0.15) is 46.1 Å². The number of likely N-dealkylation sites (tertiary alicyclic amines) is 1. The van der Waals surface area contributed by atoms with Crippen LogP contribution >= 0.6 is 0 Å². The molecule has 2 atom stereocenters. The number of hydrogen-bond acceptors (Lipinski definition) is 4. The molecule has 2 heterocycles. The second kappa shape index (κ2) is 9.82. The topological polar surface area (TPSA) is 53.1 Å². The molecule has 2 amide bonds. The molecule has 0 aromatic heterocycles. The Balaban J connectivity index is 1.72. The highest BCUT2D eigenvalue weighted by Gasteiger charge is 2.37. The predicted octanol–water partition coefficient (Wildman–Crippen LogP) is 3.41. The molecular formula is C24H37N3O3. The lowest BCUT2D eigenvalue weighted by atomic mass is 9.84. The molecule has 0 saturated carbocycles. The highest BCUT2D eigenvalue weighted by atomic mass is 16.6. The molecular weight excluding hydrogens is 378 g/mol. The summed E-state index contributed by atoms with van der Waals surface area (Å²) in [6.45, 7) is 12.5. The Hall–Kier alpha value is -2.08. The van der Waals surface area contributed by atoms with Crippen LogP contribution in [0.2, 0.25) is 0 Å². The number of nitrogens with zero attached hydrogens (tertiary/aromatic N) is 3. The summed E-state index contributed by atoms with van der Waals surface area (Å²) in [5, 5.41) is 0. The van der Waals surface area contributed by atoms with Crippen LogP contribution in [-0.2, 0) is 16.0 Å². The minimum absolute atomic E-state index is 0.127. The molecule has 3 rings (SSSR count). The highest BCUT2D eigenvalue weighted by molar-refractivity contribution is 5.73. The van der Waals surface area contributed by atoms with E-state index in [1.807, 2.05) is 36.6 Å². The maximum Gasteiger partial charge on any atom is 0.410 e. The maximum atomic E-state index is 13.0. The summed E-state index contributed by atoms with van der Waals surface area (Å²) in [4.78, 5) is 31.0. The number of ether oxygens (including phenoxy) is 1. The average molecular weight is 416 g/mol. The number of carbonyl (C=O) groups is 2. The Morgan fingerprint density at radius 2 is 1.70 bits per heavy atom. The summed E-state index contributed by atoms with van der Waals surface area (Å²) in [6.07, 6.45) is 2.76. The summed E-state index contributed by atoms with van der Waals surface area (Å²) in [5.41, 5.74) is 0.758. The van der Waals surface area contributed by atoms with Gasteiger partial charge in [0.25, 0.3) is 0 Å². The van der Waals surface area contributed by atoms with E-state index in [0.29, 0.717) is 5.92 Å². The first-order chi connectivity index (χ1) is 14.2. The first-order valence-corrected chi connectivity index (χ1v) is 11.2. The molecule has 0 aliphatic carbocycles. The first kappa shape index (κ1) is 22.6. The Kier molecular flexibility index (Phi) is 7.40. The van der Waals surface area contributed by atoms with E-state index >= 15 is 0 Å². The van der Waals surface area contributed by atoms with Crippen LogP contribution in [0.25, 0.3) is 0 Å². The molecule has 0 spiro atoms. The second-order valence-corrected chi connectivity index (χ2v) is 9.64. The normalized spacial score (nSPS) is 23.3. The standard InChI is InChI=1S/C24H37N3O3/c1-19(28)26-15-13-25(14-16-26)18-21-11-8-12-27(23(29)30-24(2,3)4)22(21)17-20-9-6-5-7-10-20/h5-7,9-10,21-22H,8,11-18H2,1-4H3. The Morgan fingerprint density at radius 3 is 2.30 bits per heavy atom. The number of benzene rings is 1. The molecule has 30 heavy (non-hydrogen) atoms. The van der Waals surface area contributed by atoms with Gasteiger partial charge in [0.1, 0.15) is 5.60 Å².